The molecule has 0 aliphatic heterocycles. The second-order valence-corrected chi connectivity index (χ2v) is 7.45. The smallest absolute Gasteiger partial charge is 0.307 e. The van der Waals surface area contributed by atoms with Gasteiger partial charge in [-0.15, -0.1) is 0 Å². The normalized spacial score (nSPS) is 11.2. The zero-order chi connectivity index (χ0) is 19.7. The van der Waals surface area contributed by atoms with Crippen LogP contribution in [0.3, 0.4) is 0 Å². The molecule has 3 aromatic carbocycles. The van der Waals surface area contributed by atoms with Crippen molar-refractivity contribution in [1.82, 2.24) is 4.98 Å². The summed E-state index contributed by atoms with van der Waals surface area (Å²) in [6.07, 6.45) is -0.00266. The van der Waals surface area contributed by atoms with E-state index in [0.717, 1.165) is 38.9 Å². The fourth-order valence-electron chi connectivity index (χ4n) is 3.67. The summed E-state index contributed by atoms with van der Waals surface area (Å²) in [5, 5.41) is 10.5. The summed E-state index contributed by atoms with van der Waals surface area (Å²) in [7, 11) is 0. The summed E-state index contributed by atoms with van der Waals surface area (Å²) in [5.41, 5.74) is 7.22. The van der Waals surface area contributed by atoms with Crippen molar-refractivity contribution in [2.45, 2.75) is 26.2 Å². The molecule has 0 radical (unpaired) electrons. The van der Waals surface area contributed by atoms with Crippen LogP contribution in [0.4, 0.5) is 0 Å². The number of benzene rings is 3. The first kappa shape index (κ1) is 18.1. The van der Waals surface area contributed by atoms with Crippen molar-refractivity contribution in [1.29, 1.82) is 0 Å². The lowest BCUT2D eigenvalue weighted by atomic mass is 9.97. The van der Waals surface area contributed by atoms with Crippen molar-refractivity contribution < 1.29 is 9.90 Å². The molecule has 4 rings (SSSR count). The Morgan fingerprint density at radius 2 is 1.54 bits per heavy atom. The maximum Gasteiger partial charge on any atom is 0.307 e. The molecule has 0 saturated carbocycles. The molecule has 0 fully saturated rings. The first-order chi connectivity index (χ1) is 13.5. The number of aliphatic carboxylic acids is 1. The number of hydrogen-bond donors (Lipinski definition) is 2. The molecule has 0 bridgehead atoms. The van der Waals surface area contributed by atoms with Crippen LogP contribution in [0.1, 0.15) is 30.9 Å². The van der Waals surface area contributed by atoms with Crippen LogP contribution in [0, 0.1) is 0 Å². The average molecular weight is 369 g/mol. The lowest BCUT2D eigenvalue weighted by Crippen LogP contribution is -2.01. The summed E-state index contributed by atoms with van der Waals surface area (Å²) in [6.45, 7) is 4.29. The Morgan fingerprint density at radius 3 is 2.18 bits per heavy atom. The molecular formula is C25H23NO2. The SMILES string of the molecule is CC(C)c1ccc2[nH]c(-c3ccc(-c4ccccc4)cc3)c(CC(=O)O)c2c1. The van der Waals surface area contributed by atoms with Crippen molar-refractivity contribution in [2.24, 2.45) is 0 Å². The minimum Gasteiger partial charge on any atom is -0.481 e. The van der Waals surface area contributed by atoms with E-state index < -0.39 is 5.97 Å². The van der Waals surface area contributed by atoms with E-state index >= 15 is 0 Å². The number of carbonyl (C=O) groups is 1. The van der Waals surface area contributed by atoms with Crippen molar-refractivity contribution in [3.63, 3.8) is 0 Å². The van der Waals surface area contributed by atoms with Crippen LogP contribution in [-0.2, 0) is 11.2 Å². The van der Waals surface area contributed by atoms with Gasteiger partial charge in [-0.3, -0.25) is 4.79 Å². The summed E-state index contributed by atoms with van der Waals surface area (Å²) in [6, 6.07) is 24.8. The molecule has 3 heteroatoms. The van der Waals surface area contributed by atoms with E-state index in [4.69, 9.17) is 0 Å². The highest BCUT2D eigenvalue weighted by Gasteiger charge is 2.17. The van der Waals surface area contributed by atoms with Crippen LogP contribution in [0.5, 0.6) is 0 Å². The van der Waals surface area contributed by atoms with Gasteiger partial charge >= 0.3 is 5.97 Å². The topological polar surface area (TPSA) is 53.1 Å². The monoisotopic (exact) mass is 369 g/mol. The van der Waals surface area contributed by atoms with Gasteiger partial charge in [0.1, 0.15) is 0 Å². The van der Waals surface area contributed by atoms with Gasteiger partial charge in [-0.1, -0.05) is 74.5 Å². The molecule has 28 heavy (non-hydrogen) atoms. The minimum atomic E-state index is -0.821. The van der Waals surface area contributed by atoms with Crippen molar-refractivity contribution >= 4 is 16.9 Å². The van der Waals surface area contributed by atoms with E-state index in [1.54, 1.807) is 0 Å². The van der Waals surface area contributed by atoms with Gasteiger partial charge in [-0.2, -0.15) is 0 Å². The third-order valence-corrected chi connectivity index (χ3v) is 5.21. The molecule has 1 heterocycles. The lowest BCUT2D eigenvalue weighted by Gasteiger charge is -2.07. The Hall–Kier alpha value is -3.33. The number of aromatic nitrogens is 1. The molecule has 4 aromatic rings. The Labute approximate surface area is 164 Å². The molecule has 3 nitrogen and oxygen atoms in total. The number of hydrogen-bond acceptors (Lipinski definition) is 1. The van der Waals surface area contributed by atoms with Crippen LogP contribution in [-0.4, -0.2) is 16.1 Å². The summed E-state index contributed by atoms with van der Waals surface area (Å²) in [4.78, 5) is 15.0. The number of nitrogens with one attached hydrogen (secondary N) is 1. The maximum atomic E-state index is 11.5. The Bertz CT molecular complexity index is 1120. The number of fused-ring (bicyclic) bond motifs is 1. The van der Waals surface area contributed by atoms with Gasteiger partial charge in [0, 0.05) is 10.9 Å². The molecular weight excluding hydrogens is 346 g/mol. The quantitative estimate of drug-likeness (QED) is 0.437. The minimum absolute atomic E-state index is 0.00266. The second-order valence-electron chi connectivity index (χ2n) is 7.45. The fraction of sp³-hybridized carbons (Fsp3) is 0.160. The van der Waals surface area contributed by atoms with Crippen LogP contribution >= 0.6 is 0 Å². The van der Waals surface area contributed by atoms with Crippen molar-refractivity contribution in [3.8, 4) is 22.4 Å². The van der Waals surface area contributed by atoms with E-state index in [1.165, 1.54) is 5.56 Å². The highest BCUT2D eigenvalue weighted by Crippen LogP contribution is 2.33. The van der Waals surface area contributed by atoms with Crippen LogP contribution in [0.15, 0.2) is 72.8 Å². The molecule has 0 unspecified atom stereocenters. The maximum absolute atomic E-state index is 11.5. The van der Waals surface area contributed by atoms with Gasteiger partial charge in [-0.25, -0.2) is 0 Å². The van der Waals surface area contributed by atoms with E-state index in [2.05, 4.69) is 73.4 Å². The van der Waals surface area contributed by atoms with Gasteiger partial charge in [-0.05, 0) is 45.9 Å². The zero-order valence-electron chi connectivity index (χ0n) is 16.1. The molecule has 1 aromatic heterocycles. The van der Waals surface area contributed by atoms with E-state index in [0.29, 0.717) is 5.92 Å². The molecule has 140 valence electrons. The van der Waals surface area contributed by atoms with Crippen molar-refractivity contribution in [3.05, 3.63) is 83.9 Å². The predicted octanol–water partition coefficient (Wildman–Crippen LogP) is 6.25. The van der Waals surface area contributed by atoms with E-state index in [9.17, 15) is 9.90 Å². The van der Waals surface area contributed by atoms with Gasteiger partial charge < -0.3 is 10.1 Å². The van der Waals surface area contributed by atoms with Gasteiger partial charge in [0.2, 0.25) is 0 Å². The zero-order valence-corrected chi connectivity index (χ0v) is 16.1. The Kier molecular flexibility index (Phi) is 4.74. The van der Waals surface area contributed by atoms with E-state index in [1.807, 2.05) is 18.2 Å². The highest BCUT2D eigenvalue weighted by molar-refractivity contribution is 5.94. The third-order valence-electron chi connectivity index (χ3n) is 5.21. The van der Waals surface area contributed by atoms with Crippen LogP contribution in [0.2, 0.25) is 0 Å². The molecule has 0 aliphatic carbocycles. The summed E-state index contributed by atoms with van der Waals surface area (Å²) >= 11 is 0. The van der Waals surface area contributed by atoms with Gasteiger partial charge in [0.05, 0.1) is 12.1 Å². The number of carboxylic acids is 1. The first-order valence-corrected chi connectivity index (χ1v) is 9.55. The predicted molar refractivity (Wildman–Crippen MR) is 115 cm³/mol. The largest absolute Gasteiger partial charge is 0.481 e. The third kappa shape index (κ3) is 3.44. The number of H-pyrrole nitrogens is 1. The van der Waals surface area contributed by atoms with Gasteiger partial charge in [0.25, 0.3) is 0 Å². The molecule has 0 amide bonds. The summed E-state index contributed by atoms with van der Waals surface area (Å²) in [5.74, 6) is -0.427. The standard InChI is InChI=1S/C25H23NO2/c1-16(2)20-12-13-23-21(14-20)22(15-24(27)28)25(26-23)19-10-8-18(9-11-19)17-6-4-3-5-7-17/h3-14,16,26H,15H2,1-2H3,(H,27,28). The Morgan fingerprint density at radius 1 is 0.893 bits per heavy atom. The number of rotatable bonds is 5. The molecule has 0 spiro atoms. The highest BCUT2D eigenvalue weighted by atomic mass is 16.4. The average Bonchev–Trinajstić information content (AvgIpc) is 3.06. The molecule has 0 atom stereocenters. The number of aromatic amines is 1. The first-order valence-electron chi connectivity index (χ1n) is 9.55. The number of carboxylic acid groups (broad SMARTS) is 1. The van der Waals surface area contributed by atoms with Crippen LogP contribution < -0.4 is 0 Å². The van der Waals surface area contributed by atoms with Crippen molar-refractivity contribution in [2.75, 3.05) is 0 Å². The lowest BCUT2D eigenvalue weighted by molar-refractivity contribution is -0.136. The molecule has 2 N–H and O–H groups in total. The molecule has 0 aliphatic rings. The van der Waals surface area contributed by atoms with E-state index in [-0.39, 0.29) is 6.42 Å². The second kappa shape index (κ2) is 7.35. The Balaban J connectivity index is 1.82. The van der Waals surface area contributed by atoms with Crippen LogP contribution in [0.25, 0.3) is 33.3 Å². The fourth-order valence-corrected chi connectivity index (χ4v) is 3.67. The summed E-state index contributed by atoms with van der Waals surface area (Å²) < 4.78 is 0. The van der Waals surface area contributed by atoms with Gasteiger partial charge in [0.15, 0.2) is 0 Å². The molecule has 0 saturated heterocycles.